The van der Waals surface area contributed by atoms with E-state index >= 15 is 28.8 Å². The Balaban J connectivity index is 1.43. The van der Waals surface area contributed by atoms with Gasteiger partial charge in [0.1, 0.15) is 53.9 Å². The van der Waals surface area contributed by atoms with Crippen molar-refractivity contribution in [1.82, 2.24) is 55.6 Å². The summed E-state index contributed by atoms with van der Waals surface area (Å²) < 4.78 is 90.3. The first-order valence-corrected chi connectivity index (χ1v) is 37.3. The third kappa shape index (κ3) is 20.7. The van der Waals surface area contributed by atoms with Crippen LogP contribution in [0.15, 0.2) is 0 Å². The van der Waals surface area contributed by atoms with Crippen LogP contribution in [0.5, 0.6) is 0 Å². The van der Waals surface area contributed by atoms with E-state index < -0.39 is 191 Å². The Morgan fingerprint density at radius 1 is 0.624 bits per heavy atom. The van der Waals surface area contributed by atoms with Gasteiger partial charge in [-0.1, -0.05) is 67.2 Å². The van der Waals surface area contributed by atoms with Crippen LogP contribution in [0.1, 0.15) is 198 Å². The second-order valence-electron chi connectivity index (χ2n) is 30.3. The summed E-state index contributed by atoms with van der Waals surface area (Å²) in [5.74, 6) is -12.9. The fourth-order valence-corrected chi connectivity index (χ4v) is 16.4. The number of ether oxygens (including phenoxy) is 1. The molecular formula is C71H114ClF6N11O12. The van der Waals surface area contributed by atoms with Gasteiger partial charge in [0, 0.05) is 78.7 Å². The third-order valence-corrected chi connectivity index (χ3v) is 23.3. The molecule has 6 rings (SSSR count). The Labute approximate surface area is 597 Å². The van der Waals surface area contributed by atoms with E-state index in [-0.39, 0.29) is 135 Å². The number of hydrogen-bond acceptors (Lipinski definition) is 12. The van der Waals surface area contributed by atoms with Gasteiger partial charge in [0.05, 0.1) is 24.5 Å². The molecule has 0 radical (unpaired) electrons. The van der Waals surface area contributed by atoms with Crippen molar-refractivity contribution in [2.45, 2.75) is 281 Å². The van der Waals surface area contributed by atoms with Gasteiger partial charge in [0.2, 0.25) is 65.0 Å². The number of alkyl halides is 7. The minimum atomic E-state index is -4.56. The van der Waals surface area contributed by atoms with E-state index in [1.807, 2.05) is 34.6 Å². The molecule has 0 aromatic carbocycles. The second-order valence-corrected chi connectivity index (χ2v) is 30.9. The van der Waals surface area contributed by atoms with Crippen LogP contribution >= 0.6 is 11.6 Å². The first kappa shape index (κ1) is 83.9. The summed E-state index contributed by atoms with van der Waals surface area (Å²) in [6.45, 7) is 16.5. The summed E-state index contributed by atoms with van der Waals surface area (Å²) in [6, 6.07) is -10.9. The molecule has 11 amide bonds. The zero-order valence-corrected chi connectivity index (χ0v) is 62.5. The van der Waals surface area contributed by atoms with Crippen molar-refractivity contribution in [1.29, 1.82) is 0 Å². The lowest BCUT2D eigenvalue weighted by molar-refractivity contribution is -0.184. The number of likely N-dealkylation sites (N-methyl/N-ethyl adjacent to an activating group) is 5. The molecule has 0 bridgehead atoms. The largest absolute Gasteiger partial charge is 0.393 e. The number of amides is 11. The van der Waals surface area contributed by atoms with Gasteiger partial charge in [0.15, 0.2) is 0 Å². The SMILES string of the molecule is CCO[C@@H]1C[C@H]2C(=O)NC3(CCCC3)C(=O)N(C)[C@@H]([C@@H](C)CC)C(=O)N(C)[C@H](C)CC(=O)N(C)[C@@H](CC(C)C)C(=O)N[C@@H]([C@@H](C)CC)C(=O)N[C@@H](C)C(=O)N3CC[C@H]3C(=O)N(CC)[C@@H](CC3CCC(C(F)(F)F)CC3)C(=O)N(C)CC(=O)N[C@@H](CCC3CCC(C(F)(F)F)C(Cl)C3)C(=O)N2C1. The molecular weight excluding hydrogens is 1350 g/mol. The number of carbonyl (C=O) groups is 11. The van der Waals surface area contributed by atoms with Crippen molar-refractivity contribution in [2.24, 2.45) is 41.4 Å². The summed E-state index contributed by atoms with van der Waals surface area (Å²) in [7, 11) is 5.76. The predicted octanol–water partition coefficient (Wildman–Crippen LogP) is 7.34. The average Bonchev–Trinajstić information content (AvgIpc) is 1.77. The number of hydrogen-bond donors (Lipinski definition) is 4. The molecule has 15 atom stereocenters. The summed E-state index contributed by atoms with van der Waals surface area (Å²) >= 11 is 6.40. The number of fused-ring (bicyclic) bond motifs is 2. The highest BCUT2D eigenvalue weighted by molar-refractivity contribution is 6.20. The van der Waals surface area contributed by atoms with E-state index in [9.17, 15) is 50.3 Å². The number of carbonyl (C=O) groups excluding carboxylic acids is 11. The first-order chi connectivity index (χ1) is 47.2. The van der Waals surface area contributed by atoms with Crippen molar-refractivity contribution in [2.75, 3.05) is 61.0 Å². The Kier molecular flexibility index (Phi) is 30.0. The molecule has 3 saturated heterocycles. The molecule has 0 aromatic rings. The standard InChI is InChI=1S/C71H114ClF6N11O12/c1-15-41(7)58-62(94)79-44(10)63(95)88-32-29-52(88)66(98)87(17-3)55(36-46-21-25-47(26-22-46)70(73,74)75)65(97)83(11)39-56(90)80-51(28-24-45-23-27-49(50(72)35-45)71(76,77)78)64(96)89-38-48(101-18-4)37-54(89)61(93)82-69(30-19-20-31-69)68(100)86(14)59(42(8)16-2)67(99)84(12)43(9)34-57(91)85(13)53(33-40(5)6)60(92)81-58/h40-55,58-59H,15-39H2,1-14H3,(H,79,94)(H,80,90)(H,81,92)(H,82,93)/t41-,42-,43+,44-,45?,46?,47?,48+,49?,50?,51-,52-,53-,54-,55-,58-,59-/m0/s1. The van der Waals surface area contributed by atoms with E-state index in [1.165, 1.54) is 64.5 Å². The molecule has 4 N–H and O–H groups in total. The zero-order valence-electron chi connectivity index (χ0n) is 61.7. The van der Waals surface area contributed by atoms with Gasteiger partial charge in [-0.15, -0.1) is 11.6 Å². The Morgan fingerprint density at radius 3 is 1.79 bits per heavy atom. The van der Waals surface area contributed by atoms with Crippen LogP contribution in [-0.4, -0.2) is 244 Å². The van der Waals surface area contributed by atoms with Crippen LogP contribution < -0.4 is 21.3 Å². The number of rotatable bonds is 14. The lowest BCUT2D eigenvalue weighted by Crippen LogP contribution is -2.65. The van der Waals surface area contributed by atoms with Crippen molar-refractivity contribution in [3.8, 4) is 0 Å². The fourth-order valence-electron chi connectivity index (χ4n) is 15.9. The molecule has 574 valence electrons. The number of nitrogens with zero attached hydrogens (tertiary/aromatic N) is 7. The number of halogens is 7. The Morgan fingerprint density at radius 2 is 1.25 bits per heavy atom. The fraction of sp³-hybridized carbons (Fsp3) is 0.845. The van der Waals surface area contributed by atoms with Gasteiger partial charge in [-0.05, 0) is 147 Å². The Bertz CT molecular complexity index is 2920. The number of nitrogens with one attached hydrogen (secondary N) is 4. The molecule has 0 aromatic heterocycles. The van der Waals surface area contributed by atoms with Crippen LogP contribution in [0.25, 0.3) is 0 Å². The van der Waals surface area contributed by atoms with Crippen LogP contribution in [0.3, 0.4) is 0 Å². The monoisotopic (exact) mass is 1460 g/mol. The maximum atomic E-state index is 15.5. The maximum Gasteiger partial charge on any atom is 0.393 e. The normalized spacial score (nSPS) is 32.3. The molecule has 3 aliphatic heterocycles. The van der Waals surface area contributed by atoms with E-state index in [4.69, 9.17) is 16.3 Å². The van der Waals surface area contributed by atoms with Crippen LogP contribution in [0.4, 0.5) is 26.3 Å². The summed E-state index contributed by atoms with van der Waals surface area (Å²) in [5.41, 5.74) is -1.58. The van der Waals surface area contributed by atoms with Crippen molar-refractivity contribution < 1.29 is 83.8 Å². The van der Waals surface area contributed by atoms with Gasteiger partial charge >= 0.3 is 12.4 Å². The van der Waals surface area contributed by atoms with E-state index in [0.29, 0.717) is 25.7 Å². The molecule has 3 heterocycles. The van der Waals surface area contributed by atoms with Crippen LogP contribution in [0.2, 0.25) is 0 Å². The van der Waals surface area contributed by atoms with Gasteiger partial charge < -0.3 is 60.3 Å². The molecule has 30 heteroatoms. The average molecular weight is 1460 g/mol. The van der Waals surface area contributed by atoms with E-state index in [0.717, 1.165) is 4.90 Å². The van der Waals surface area contributed by atoms with Gasteiger partial charge in [0.25, 0.3) is 0 Å². The minimum absolute atomic E-state index is 0.0530. The lowest BCUT2D eigenvalue weighted by Gasteiger charge is -2.45. The molecule has 6 fully saturated rings. The van der Waals surface area contributed by atoms with Gasteiger partial charge in [-0.2, -0.15) is 26.3 Å². The third-order valence-electron chi connectivity index (χ3n) is 22.8. The van der Waals surface area contributed by atoms with E-state index in [2.05, 4.69) is 21.3 Å². The lowest BCUT2D eigenvalue weighted by atomic mass is 9.78. The summed E-state index contributed by atoms with van der Waals surface area (Å²) in [4.78, 5) is 173. The summed E-state index contributed by atoms with van der Waals surface area (Å²) in [6.07, 6.45) is -8.46. The quantitative estimate of drug-likeness (QED) is 0.0983. The molecule has 101 heavy (non-hydrogen) atoms. The molecule has 6 aliphatic rings. The molecule has 1 spiro atoms. The molecule has 3 unspecified atom stereocenters. The molecule has 23 nitrogen and oxygen atoms in total. The molecule has 3 aliphatic carbocycles. The van der Waals surface area contributed by atoms with Crippen molar-refractivity contribution in [3.05, 3.63) is 0 Å². The first-order valence-electron chi connectivity index (χ1n) is 36.8. The Hall–Kier alpha value is -6.00. The van der Waals surface area contributed by atoms with E-state index in [1.54, 1.807) is 27.7 Å². The van der Waals surface area contributed by atoms with Gasteiger partial charge in [-0.25, -0.2) is 0 Å². The smallest absolute Gasteiger partial charge is 0.377 e. The maximum absolute atomic E-state index is 15.5. The van der Waals surface area contributed by atoms with Gasteiger partial charge in [-0.3, -0.25) is 52.7 Å². The predicted molar refractivity (Wildman–Crippen MR) is 365 cm³/mol. The highest BCUT2D eigenvalue weighted by atomic mass is 35.5. The van der Waals surface area contributed by atoms with Crippen molar-refractivity contribution >= 4 is 76.6 Å². The van der Waals surface area contributed by atoms with Crippen LogP contribution in [-0.2, 0) is 57.5 Å². The topological polar surface area (TPSA) is 268 Å². The zero-order chi connectivity index (χ0) is 75.5. The van der Waals surface area contributed by atoms with Crippen LogP contribution in [0, 0.1) is 41.4 Å². The van der Waals surface area contributed by atoms with Crippen molar-refractivity contribution in [3.63, 3.8) is 0 Å². The highest BCUT2D eigenvalue weighted by Gasteiger charge is 2.53. The second kappa shape index (κ2) is 36.1. The highest BCUT2D eigenvalue weighted by Crippen LogP contribution is 2.45. The summed E-state index contributed by atoms with van der Waals surface area (Å²) in [5, 5.41) is 10.1. The molecule has 3 saturated carbocycles. The minimum Gasteiger partial charge on any atom is -0.377 e.